The van der Waals surface area contributed by atoms with E-state index in [2.05, 4.69) is 67.8 Å². The van der Waals surface area contributed by atoms with Gasteiger partial charge in [0.05, 0.1) is 39.9 Å². The summed E-state index contributed by atoms with van der Waals surface area (Å²) in [5.74, 6) is -0.212. The molecule has 0 bridgehead atoms. The number of phosphoric ester groups is 1. The zero-order valence-electron chi connectivity index (χ0n) is 46.0. The molecule has 0 aliphatic rings. The molecule has 404 valence electrons. The molecule has 8 nitrogen and oxygen atoms in total. The van der Waals surface area contributed by atoms with E-state index in [1.807, 2.05) is 27.2 Å². The topological polar surface area (TPSA) is 108 Å². The van der Waals surface area contributed by atoms with Gasteiger partial charge in [0, 0.05) is 6.42 Å². The molecular weight excluding hydrogens is 876 g/mol. The second-order valence-electron chi connectivity index (χ2n) is 21.0. The number of likely N-dealkylation sites (N-methyl/N-ethyl adjacent to an activating group) is 1. The van der Waals surface area contributed by atoms with Gasteiger partial charge in [0.25, 0.3) is 7.82 Å². The van der Waals surface area contributed by atoms with Crippen LogP contribution in [0.3, 0.4) is 0 Å². The van der Waals surface area contributed by atoms with Gasteiger partial charge in [-0.1, -0.05) is 248 Å². The SMILES string of the molecule is CCCC/C=C/CC/C=C/CC/C=C/C(O)C(COP(=O)([O-])OCC[N+](C)(C)C)NC(=O)CCCCCCCCCCCCCCCCCCC/C=C\C/C=C\CCCCCCCCCCCCC. The minimum Gasteiger partial charge on any atom is -0.756 e. The van der Waals surface area contributed by atoms with Crippen LogP contribution >= 0.6 is 7.82 Å². The van der Waals surface area contributed by atoms with Crippen molar-refractivity contribution >= 4 is 13.7 Å². The van der Waals surface area contributed by atoms with Crippen LogP contribution in [0.5, 0.6) is 0 Å². The van der Waals surface area contributed by atoms with Crippen molar-refractivity contribution in [2.75, 3.05) is 40.9 Å². The quantitative estimate of drug-likeness (QED) is 0.0272. The lowest BCUT2D eigenvalue weighted by Gasteiger charge is -2.29. The Kier molecular flexibility index (Phi) is 49.8. The molecule has 3 atom stereocenters. The number of nitrogens with zero attached hydrogens (tertiary/aromatic N) is 1. The lowest BCUT2D eigenvalue weighted by Crippen LogP contribution is -2.45. The number of phosphoric acid groups is 1. The van der Waals surface area contributed by atoms with E-state index in [4.69, 9.17) is 9.05 Å². The molecular formula is C60H113N2O6P. The molecule has 0 saturated heterocycles. The minimum atomic E-state index is -4.60. The Hall–Kier alpha value is -1.80. The molecule has 9 heteroatoms. The monoisotopic (exact) mass is 989 g/mol. The number of aliphatic hydroxyl groups is 1. The second-order valence-corrected chi connectivity index (χ2v) is 22.4. The summed E-state index contributed by atoms with van der Waals surface area (Å²) in [6, 6.07) is -0.910. The van der Waals surface area contributed by atoms with Crippen molar-refractivity contribution < 1.29 is 32.9 Å². The van der Waals surface area contributed by atoms with Crippen molar-refractivity contribution in [3.05, 3.63) is 60.8 Å². The van der Waals surface area contributed by atoms with Crippen molar-refractivity contribution in [1.29, 1.82) is 0 Å². The highest BCUT2D eigenvalue weighted by Crippen LogP contribution is 2.38. The third-order valence-electron chi connectivity index (χ3n) is 12.9. The Morgan fingerprint density at radius 2 is 0.870 bits per heavy atom. The molecule has 0 aromatic rings. The van der Waals surface area contributed by atoms with Crippen LogP contribution in [-0.2, 0) is 18.4 Å². The van der Waals surface area contributed by atoms with E-state index in [1.165, 1.54) is 186 Å². The van der Waals surface area contributed by atoms with Crippen molar-refractivity contribution in [2.45, 2.75) is 276 Å². The van der Waals surface area contributed by atoms with Crippen LogP contribution in [0.15, 0.2) is 60.8 Å². The summed E-state index contributed by atoms with van der Waals surface area (Å²) in [7, 11) is 1.23. The largest absolute Gasteiger partial charge is 0.756 e. The minimum absolute atomic E-state index is 0.0100. The van der Waals surface area contributed by atoms with Gasteiger partial charge in [0.15, 0.2) is 0 Å². The Morgan fingerprint density at radius 1 is 0.507 bits per heavy atom. The number of unbranched alkanes of at least 4 members (excludes halogenated alkanes) is 32. The fraction of sp³-hybridized carbons (Fsp3) is 0.817. The lowest BCUT2D eigenvalue weighted by atomic mass is 10.0. The van der Waals surface area contributed by atoms with Crippen molar-refractivity contribution in [1.82, 2.24) is 5.32 Å². The molecule has 0 rings (SSSR count). The normalized spacial score (nSPS) is 14.4. The van der Waals surface area contributed by atoms with Gasteiger partial charge >= 0.3 is 0 Å². The maximum absolute atomic E-state index is 12.9. The van der Waals surface area contributed by atoms with E-state index < -0.39 is 26.6 Å². The number of amides is 1. The van der Waals surface area contributed by atoms with Gasteiger partial charge in [-0.15, -0.1) is 0 Å². The third-order valence-corrected chi connectivity index (χ3v) is 13.9. The van der Waals surface area contributed by atoms with Gasteiger partial charge in [-0.05, 0) is 70.6 Å². The van der Waals surface area contributed by atoms with Gasteiger partial charge < -0.3 is 28.8 Å². The number of carbonyl (C=O) groups is 1. The van der Waals surface area contributed by atoms with Gasteiger partial charge in [-0.2, -0.15) is 0 Å². The molecule has 3 unspecified atom stereocenters. The van der Waals surface area contributed by atoms with E-state index in [9.17, 15) is 19.4 Å². The molecule has 1 amide bonds. The van der Waals surface area contributed by atoms with Crippen molar-refractivity contribution in [3.63, 3.8) is 0 Å². The Bertz CT molecular complexity index is 1310. The highest BCUT2D eigenvalue weighted by atomic mass is 31.2. The number of allylic oxidation sites excluding steroid dienone is 9. The van der Waals surface area contributed by atoms with Crippen molar-refractivity contribution in [2.24, 2.45) is 0 Å². The molecule has 2 N–H and O–H groups in total. The van der Waals surface area contributed by atoms with Crippen LogP contribution in [0.25, 0.3) is 0 Å². The van der Waals surface area contributed by atoms with Gasteiger partial charge in [-0.3, -0.25) is 9.36 Å². The summed E-state index contributed by atoms with van der Waals surface area (Å²) in [5.41, 5.74) is 0. The number of rotatable bonds is 53. The standard InChI is InChI=1S/C60H113N2O6P/c1-6-8-10-12-14-16-18-20-21-22-23-24-25-26-27-28-29-30-31-32-33-34-35-36-37-38-39-40-41-42-44-46-48-50-52-54-60(64)61-58(57-68-69(65,66)67-56-55-62(3,4)5)59(63)53-51-49-47-45-43-19-17-15-13-11-9-7-2/h13,15,25-26,28-29,43,45,51,53,58-59,63H,6-12,14,16-24,27,30-42,44,46-50,52,54-57H2,1-5H3,(H-,61,64,65,66)/b15-13+,26-25-,29-28-,45-43+,53-51+. The molecule has 0 aliphatic heterocycles. The first-order valence-corrected chi connectivity index (χ1v) is 30.6. The van der Waals surface area contributed by atoms with Gasteiger partial charge in [0.2, 0.25) is 5.91 Å². The summed E-state index contributed by atoms with van der Waals surface area (Å²) in [4.78, 5) is 25.4. The third kappa shape index (κ3) is 53.8. The molecule has 0 radical (unpaired) electrons. The first-order valence-electron chi connectivity index (χ1n) is 29.2. The van der Waals surface area contributed by atoms with Crippen LogP contribution in [0.2, 0.25) is 0 Å². The number of nitrogens with one attached hydrogen (secondary N) is 1. The zero-order chi connectivity index (χ0) is 50.6. The molecule has 0 heterocycles. The Labute approximate surface area is 428 Å². The van der Waals surface area contributed by atoms with E-state index in [0.717, 1.165) is 57.8 Å². The van der Waals surface area contributed by atoms with Gasteiger partial charge in [0.1, 0.15) is 13.2 Å². The summed E-state index contributed by atoms with van der Waals surface area (Å²) in [6.07, 6.45) is 69.0. The highest BCUT2D eigenvalue weighted by Gasteiger charge is 2.23. The maximum atomic E-state index is 12.9. The van der Waals surface area contributed by atoms with Crippen LogP contribution in [-0.4, -0.2) is 68.5 Å². The summed E-state index contributed by atoms with van der Waals surface area (Å²) >= 11 is 0. The van der Waals surface area contributed by atoms with Crippen molar-refractivity contribution in [3.8, 4) is 0 Å². The molecule has 0 aromatic carbocycles. The fourth-order valence-corrected chi connectivity index (χ4v) is 9.04. The first kappa shape index (κ1) is 67.2. The fourth-order valence-electron chi connectivity index (χ4n) is 8.32. The highest BCUT2D eigenvalue weighted by molar-refractivity contribution is 7.45. The van der Waals surface area contributed by atoms with Gasteiger partial charge in [-0.25, -0.2) is 0 Å². The molecule has 69 heavy (non-hydrogen) atoms. The number of quaternary nitrogens is 1. The smallest absolute Gasteiger partial charge is 0.268 e. The van der Waals surface area contributed by atoms with E-state index in [0.29, 0.717) is 17.4 Å². The maximum Gasteiger partial charge on any atom is 0.268 e. The van der Waals surface area contributed by atoms with E-state index in [1.54, 1.807) is 6.08 Å². The molecule has 0 aromatic heterocycles. The zero-order valence-corrected chi connectivity index (χ0v) is 46.9. The second kappa shape index (κ2) is 51.1. The van der Waals surface area contributed by atoms with Crippen LogP contribution in [0, 0.1) is 0 Å². The Morgan fingerprint density at radius 3 is 1.30 bits per heavy atom. The summed E-state index contributed by atoms with van der Waals surface area (Å²) < 4.78 is 23.2. The first-order chi connectivity index (χ1) is 33.5. The average Bonchev–Trinajstić information content (AvgIpc) is 3.31. The number of hydrogen-bond acceptors (Lipinski definition) is 6. The summed E-state index contributed by atoms with van der Waals surface area (Å²) in [6.45, 7) is 4.58. The van der Waals surface area contributed by atoms with Crippen LogP contribution < -0.4 is 10.2 Å². The van der Waals surface area contributed by atoms with E-state index >= 15 is 0 Å². The molecule has 0 fully saturated rings. The van der Waals surface area contributed by atoms with Crippen LogP contribution in [0.4, 0.5) is 0 Å². The Balaban J connectivity index is 3.98. The summed E-state index contributed by atoms with van der Waals surface area (Å²) in [5, 5.41) is 13.8. The number of carbonyl (C=O) groups excluding carboxylic acids is 1. The number of hydrogen-bond donors (Lipinski definition) is 2. The number of aliphatic hydroxyl groups excluding tert-OH is 1. The predicted octanol–water partition coefficient (Wildman–Crippen LogP) is 17.1. The molecule has 0 spiro atoms. The molecule has 0 saturated carbocycles. The van der Waals surface area contributed by atoms with E-state index in [-0.39, 0.29) is 12.5 Å². The lowest BCUT2D eigenvalue weighted by molar-refractivity contribution is -0.870. The van der Waals surface area contributed by atoms with Crippen LogP contribution in [0.1, 0.15) is 264 Å². The average molecular weight is 990 g/mol. The molecule has 0 aliphatic carbocycles. The predicted molar refractivity (Wildman–Crippen MR) is 297 cm³/mol.